The summed E-state index contributed by atoms with van der Waals surface area (Å²) in [5, 5.41) is 0. The maximum atomic E-state index is 9.47. The SMILES string of the molecule is CCCCCCCCCCCCCCCCCCOC1CCC(C(COP(O)(O)=S)[N+](C)(C)C)C1. The molecular weight excluding hydrogens is 477 g/mol. The molecule has 0 aromatic heterocycles. The van der Waals surface area contributed by atoms with E-state index in [4.69, 9.17) is 9.26 Å². The molecule has 1 rings (SSSR count). The minimum absolute atomic E-state index is 0.195. The van der Waals surface area contributed by atoms with Gasteiger partial charge in [0.1, 0.15) is 12.6 Å². The third-order valence-corrected chi connectivity index (χ3v) is 8.53. The molecular formula is C28H59NO4PS+. The van der Waals surface area contributed by atoms with Crippen LogP contribution >= 0.6 is 6.72 Å². The summed E-state index contributed by atoms with van der Waals surface area (Å²) in [6.45, 7) is -0.148. The second-order valence-corrected chi connectivity index (χ2v) is 14.5. The van der Waals surface area contributed by atoms with Crippen molar-refractivity contribution in [2.24, 2.45) is 5.92 Å². The van der Waals surface area contributed by atoms with E-state index in [2.05, 4.69) is 39.9 Å². The summed E-state index contributed by atoms with van der Waals surface area (Å²) in [7, 11) is 6.41. The predicted molar refractivity (Wildman–Crippen MR) is 153 cm³/mol. The molecule has 35 heavy (non-hydrogen) atoms. The number of rotatable bonds is 23. The fourth-order valence-electron chi connectivity index (χ4n) is 5.54. The first-order valence-corrected chi connectivity index (χ1v) is 17.4. The van der Waals surface area contributed by atoms with Gasteiger partial charge in [0.25, 0.3) is 0 Å². The highest BCUT2D eigenvalue weighted by Gasteiger charge is 2.39. The van der Waals surface area contributed by atoms with E-state index in [-0.39, 0.29) is 6.04 Å². The summed E-state index contributed by atoms with van der Waals surface area (Å²) in [5.41, 5.74) is 0. The van der Waals surface area contributed by atoms with Gasteiger partial charge in [0, 0.05) is 12.5 Å². The van der Waals surface area contributed by atoms with Crippen LogP contribution in [0.5, 0.6) is 0 Å². The Bertz CT molecular complexity index is 552. The van der Waals surface area contributed by atoms with E-state index >= 15 is 0 Å². The molecule has 0 aromatic carbocycles. The summed E-state index contributed by atoms with van der Waals surface area (Å²) < 4.78 is 12.2. The molecule has 1 aliphatic carbocycles. The Morgan fingerprint density at radius 2 is 1.23 bits per heavy atom. The lowest BCUT2D eigenvalue weighted by Crippen LogP contribution is -2.51. The van der Waals surface area contributed by atoms with Crippen LogP contribution in [-0.2, 0) is 21.1 Å². The highest BCUT2D eigenvalue weighted by molar-refractivity contribution is 8.06. The van der Waals surface area contributed by atoms with Gasteiger partial charge in [-0.3, -0.25) is 0 Å². The van der Waals surface area contributed by atoms with Crippen molar-refractivity contribution in [1.29, 1.82) is 0 Å². The number of nitrogens with zero attached hydrogens (tertiary/aromatic N) is 1. The largest absolute Gasteiger partial charge is 0.378 e. The summed E-state index contributed by atoms with van der Waals surface area (Å²) in [6.07, 6.45) is 25.8. The zero-order valence-corrected chi connectivity index (χ0v) is 25.3. The molecule has 3 unspecified atom stereocenters. The number of hydrogen-bond donors (Lipinski definition) is 2. The van der Waals surface area contributed by atoms with Gasteiger partial charge >= 0.3 is 6.72 Å². The topological polar surface area (TPSA) is 58.9 Å². The second-order valence-electron chi connectivity index (χ2n) is 11.8. The number of quaternary nitrogens is 1. The summed E-state index contributed by atoms with van der Waals surface area (Å²) in [4.78, 5) is 18.9. The van der Waals surface area contributed by atoms with Gasteiger partial charge in [-0.05, 0) is 37.5 Å². The van der Waals surface area contributed by atoms with Crippen molar-refractivity contribution >= 4 is 18.5 Å². The number of unbranched alkanes of at least 4 members (excludes halogenated alkanes) is 15. The average molecular weight is 537 g/mol. The fraction of sp³-hybridized carbons (Fsp3) is 1.00. The zero-order valence-electron chi connectivity index (χ0n) is 23.6. The van der Waals surface area contributed by atoms with Crippen molar-refractivity contribution in [2.75, 3.05) is 34.4 Å². The lowest BCUT2D eigenvalue weighted by atomic mass is 9.96. The van der Waals surface area contributed by atoms with Crippen LogP contribution in [0.4, 0.5) is 0 Å². The van der Waals surface area contributed by atoms with Gasteiger partial charge in [0.15, 0.2) is 0 Å². The Hall–Kier alpha value is 0.450. The molecule has 0 amide bonds. The quantitative estimate of drug-likeness (QED) is 0.0795. The van der Waals surface area contributed by atoms with Crippen LogP contribution in [0.2, 0.25) is 0 Å². The molecule has 0 spiro atoms. The highest BCUT2D eigenvalue weighted by Crippen LogP contribution is 2.40. The first-order chi connectivity index (χ1) is 16.6. The van der Waals surface area contributed by atoms with E-state index in [0.29, 0.717) is 18.6 Å². The van der Waals surface area contributed by atoms with Crippen LogP contribution in [0.15, 0.2) is 0 Å². The van der Waals surface area contributed by atoms with Crippen molar-refractivity contribution in [3.8, 4) is 0 Å². The Balaban J connectivity index is 1.97. The Labute approximate surface area is 223 Å². The molecule has 1 aliphatic rings. The molecule has 7 heteroatoms. The smallest absolute Gasteiger partial charge is 0.322 e. The van der Waals surface area contributed by atoms with Gasteiger partial charge in [-0.25, -0.2) is 0 Å². The molecule has 0 heterocycles. The van der Waals surface area contributed by atoms with Crippen LogP contribution in [-0.4, -0.2) is 60.8 Å². The molecule has 0 bridgehead atoms. The van der Waals surface area contributed by atoms with Crippen molar-refractivity contribution in [3.63, 3.8) is 0 Å². The minimum atomic E-state index is -3.60. The zero-order chi connectivity index (χ0) is 26.0. The van der Waals surface area contributed by atoms with Gasteiger partial charge in [-0.1, -0.05) is 103 Å². The predicted octanol–water partition coefficient (Wildman–Crippen LogP) is 7.73. The van der Waals surface area contributed by atoms with Gasteiger partial charge in [-0.2, -0.15) is 0 Å². The maximum absolute atomic E-state index is 9.47. The molecule has 0 aliphatic heterocycles. The van der Waals surface area contributed by atoms with Crippen molar-refractivity contribution in [2.45, 2.75) is 141 Å². The molecule has 210 valence electrons. The standard InChI is InChI=1S/C28H58NO4PS/c1-5-6-7-8-9-10-11-12-13-14-15-16-17-18-19-20-23-32-27-22-21-26(24-27)28(29(2,3)4)25-33-34(30,31)35/h26-28H,5-25H2,1-4H3,(H-,30,31,35)/p+1. The summed E-state index contributed by atoms with van der Waals surface area (Å²) in [6, 6.07) is 0.195. The van der Waals surface area contributed by atoms with E-state index < -0.39 is 6.72 Å². The average Bonchev–Trinajstić information content (AvgIpc) is 3.22. The molecule has 0 radical (unpaired) electrons. The Morgan fingerprint density at radius 1 is 0.771 bits per heavy atom. The summed E-state index contributed by atoms with van der Waals surface area (Å²) >= 11 is 4.65. The maximum Gasteiger partial charge on any atom is 0.322 e. The monoisotopic (exact) mass is 536 g/mol. The minimum Gasteiger partial charge on any atom is -0.378 e. The molecule has 2 N–H and O–H groups in total. The van der Waals surface area contributed by atoms with Crippen LogP contribution in [0.1, 0.15) is 129 Å². The van der Waals surface area contributed by atoms with Gasteiger partial charge in [-0.15, -0.1) is 0 Å². The molecule has 0 aromatic rings. The first-order valence-electron chi connectivity index (χ1n) is 14.8. The van der Waals surface area contributed by atoms with E-state index in [1.54, 1.807) is 0 Å². The van der Waals surface area contributed by atoms with Crippen LogP contribution in [0.3, 0.4) is 0 Å². The summed E-state index contributed by atoms with van der Waals surface area (Å²) in [5.74, 6) is 0.465. The fourth-order valence-corrected chi connectivity index (χ4v) is 6.07. The van der Waals surface area contributed by atoms with Gasteiger partial charge in [0.05, 0.1) is 27.2 Å². The van der Waals surface area contributed by atoms with E-state index in [0.717, 1.165) is 30.4 Å². The number of likely N-dealkylation sites (N-methyl/N-ethyl adjacent to an activating group) is 1. The number of ether oxygens (including phenoxy) is 1. The third-order valence-electron chi connectivity index (χ3n) is 7.73. The van der Waals surface area contributed by atoms with Gasteiger partial charge in [0.2, 0.25) is 0 Å². The normalized spacial score (nSPS) is 19.9. The second kappa shape index (κ2) is 19.5. The third kappa shape index (κ3) is 18.4. The van der Waals surface area contributed by atoms with Crippen LogP contribution in [0, 0.1) is 5.92 Å². The van der Waals surface area contributed by atoms with Crippen LogP contribution < -0.4 is 0 Å². The van der Waals surface area contributed by atoms with Crippen molar-refractivity contribution in [1.82, 2.24) is 0 Å². The van der Waals surface area contributed by atoms with E-state index in [1.165, 1.54) is 103 Å². The van der Waals surface area contributed by atoms with Gasteiger partial charge < -0.3 is 23.5 Å². The molecule has 3 atom stereocenters. The Morgan fingerprint density at radius 3 is 1.66 bits per heavy atom. The lowest BCUT2D eigenvalue weighted by Gasteiger charge is -2.38. The first kappa shape index (κ1) is 33.5. The van der Waals surface area contributed by atoms with E-state index in [9.17, 15) is 9.79 Å². The van der Waals surface area contributed by atoms with Crippen molar-refractivity contribution in [3.05, 3.63) is 0 Å². The molecule has 1 fully saturated rings. The molecule has 0 saturated heterocycles. The molecule has 5 nitrogen and oxygen atoms in total. The Kier molecular flexibility index (Phi) is 18.7. The van der Waals surface area contributed by atoms with Crippen molar-refractivity contribution < 1.29 is 23.5 Å². The molecule has 1 saturated carbocycles. The van der Waals surface area contributed by atoms with Crippen LogP contribution in [0.25, 0.3) is 0 Å². The highest BCUT2D eigenvalue weighted by atomic mass is 32.5. The number of hydrogen-bond acceptors (Lipinski definition) is 3. The lowest BCUT2D eigenvalue weighted by molar-refractivity contribution is -0.900. The van der Waals surface area contributed by atoms with E-state index in [1.807, 2.05) is 0 Å².